The summed E-state index contributed by atoms with van der Waals surface area (Å²) in [5.74, 6) is 0.796. The smallest absolute Gasteiger partial charge is 0.306 e. The molecule has 0 aliphatic rings. The number of hydrogen-bond acceptors (Lipinski definition) is 11. The number of halogens is 1. The first-order valence-corrected chi connectivity index (χ1v) is 12.3. The van der Waals surface area contributed by atoms with Gasteiger partial charge in [0.2, 0.25) is 15.0 Å². The molecular formula is C17H22ClN5O4S3. The highest BCUT2D eigenvalue weighted by Gasteiger charge is 2.15. The van der Waals surface area contributed by atoms with E-state index in [1.54, 1.807) is 0 Å². The first-order valence-electron chi connectivity index (χ1n) is 8.54. The predicted molar refractivity (Wildman–Crippen MR) is 119 cm³/mol. The zero-order valence-electron chi connectivity index (χ0n) is 16.8. The summed E-state index contributed by atoms with van der Waals surface area (Å²) in [6, 6.07) is 3.31. The van der Waals surface area contributed by atoms with Crippen molar-refractivity contribution in [3.05, 3.63) is 22.3 Å². The van der Waals surface area contributed by atoms with Gasteiger partial charge < -0.3 is 10.1 Å². The number of nitriles is 1. The fraction of sp³-hybridized carbons (Fsp3) is 0.471. The molecular weight excluding hydrogens is 470 g/mol. The van der Waals surface area contributed by atoms with Crippen LogP contribution in [0.25, 0.3) is 0 Å². The van der Waals surface area contributed by atoms with E-state index in [0.29, 0.717) is 16.4 Å². The van der Waals surface area contributed by atoms with E-state index in [9.17, 15) is 13.2 Å². The van der Waals surface area contributed by atoms with E-state index >= 15 is 0 Å². The number of carbonyl (C=O) groups is 1. The van der Waals surface area contributed by atoms with E-state index in [0.717, 1.165) is 29.8 Å². The highest BCUT2D eigenvalue weighted by molar-refractivity contribution is 7.90. The second-order valence-corrected chi connectivity index (χ2v) is 10.6. The number of sulfone groups is 1. The first-order chi connectivity index (χ1) is 13.8. The average molecular weight is 492 g/mol. The summed E-state index contributed by atoms with van der Waals surface area (Å²) in [5.41, 5.74) is -0.353. The minimum atomic E-state index is -3.56. The fourth-order valence-electron chi connectivity index (χ4n) is 1.74. The molecule has 2 heterocycles. The minimum Gasteiger partial charge on any atom is -0.460 e. The van der Waals surface area contributed by atoms with Crippen molar-refractivity contribution in [1.82, 2.24) is 15.0 Å². The predicted octanol–water partition coefficient (Wildman–Crippen LogP) is 3.64. The lowest BCUT2D eigenvalue weighted by molar-refractivity contribution is -0.154. The number of thiazole rings is 1. The van der Waals surface area contributed by atoms with Gasteiger partial charge in [0.15, 0.2) is 5.13 Å². The average Bonchev–Trinajstić information content (AvgIpc) is 3.05. The maximum Gasteiger partial charge on any atom is 0.306 e. The standard InChI is InChI=1S/C9H6ClN5O2S2.C8H16O2S/c1-19(16,17)9-13-6(10)2-7(15-9)14-8-12-4-5(3-11)18-8;1-8(2,3)10-7(9)5-4-6-11/h2,4H,1H3,(H,12,13,14,15);11H,4-6H2,1-3H3. The Morgan fingerprint density at radius 3 is 2.57 bits per heavy atom. The number of anilines is 2. The van der Waals surface area contributed by atoms with E-state index in [-0.39, 0.29) is 27.7 Å². The number of rotatable bonds is 6. The van der Waals surface area contributed by atoms with Crippen molar-refractivity contribution < 1.29 is 17.9 Å². The van der Waals surface area contributed by atoms with Crippen LogP contribution in [0.1, 0.15) is 38.5 Å². The lowest BCUT2D eigenvalue weighted by Crippen LogP contribution is -2.23. The highest BCUT2D eigenvalue weighted by Crippen LogP contribution is 2.23. The Morgan fingerprint density at radius 1 is 1.40 bits per heavy atom. The van der Waals surface area contributed by atoms with Crippen LogP contribution in [0.15, 0.2) is 17.4 Å². The molecule has 0 atom stereocenters. The van der Waals surface area contributed by atoms with Crippen LogP contribution in [-0.4, -0.2) is 46.9 Å². The number of thiol groups is 1. The Balaban J connectivity index is 0.000000352. The Labute approximate surface area is 190 Å². The Bertz CT molecular complexity index is 1010. The van der Waals surface area contributed by atoms with Gasteiger partial charge in [0.05, 0.1) is 6.20 Å². The third kappa shape index (κ3) is 10.2. The number of ether oxygens (including phenoxy) is 1. The summed E-state index contributed by atoms with van der Waals surface area (Å²) in [5, 5.41) is 11.5. The fourth-order valence-corrected chi connectivity index (χ4v) is 3.28. The molecule has 0 radical (unpaired) electrons. The van der Waals surface area contributed by atoms with Gasteiger partial charge in [-0.1, -0.05) is 22.9 Å². The van der Waals surface area contributed by atoms with E-state index in [4.69, 9.17) is 21.6 Å². The number of aromatic nitrogens is 3. The molecule has 30 heavy (non-hydrogen) atoms. The molecule has 0 fully saturated rings. The largest absolute Gasteiger partial charge is 0.460 e. The molecule has 0 saturated heterocycles. The van der Waals surface area contributed by atoms with Crippen LogP contribution < -0.4 is 5.32 Å². The molecule has 2 rings (SSSR count). The van der Waals surface area contributed by atoms with Crippen molar-refractivity contribution in [2.75, 3.05) is 17.3 Å². The van der Waals surface area contributed by atoms with Gasteiger partial charge in [0.1, 0.15) is 27.5 Å². The molecule has 0 aliphatic heterocycles. The lowest BCUT2D eigenvalue weighted by atomic mass is 10.2. The summed E-state index contributed by atoms with van der Waals surface area (Å²) in [7, 11) is -3.56. The summed E-state index contributed by atoms with van der Waals surface area (Å²) in [6.07, 6.45) is 3.64. The van der Waals surface area contributed by atoms with Crippen molar-refractivity contribution in [2.45, 2.75) is 44.4 Å². The molecule has 9 nitrogen and oxygen atoms in total. The zero-order valence-corrected chi connectivity index (χ0v) is 20.1. The van der Waals surface area contributed by atoms with Gasteiger partial charge in [0.25, 0.3) is 0 Å². The Morgan fingerprint density at radius 2 is 2.07 bits per heavy atom. The first kappa shape index (κ1) is 26.1. The van der Waals surface area contributed by atoms with Gasteiger partial charge in [-0.2, -0.15) is 17.9 Å². The number of hydrogen-bond donors (Lipinski definition) is 2. The third-order valence-electron chi connectivity index (χ3n) is 2.82. The number of nitrogens with one attached hydrogen (secondary N) is 1. The van der Waals surface area contributed by atoms with Crippen LogP contribution in [0, 0.1) is 11.3 Å². The molecule has 0 spiro atoms. The second-order valence-electron chi connectivity index (χ2n) is 6.81. The van der Waals surface area contributed by atoms with Crippen LogP contribution in [0.3, 0.4) is 0 Å². The van der Waals surface area contributed by atoms with E-state index in [1.807, 2.05) is 26.8 Å². The normalized spacial score (nSPS) is 11.1. The molecule has 2 aromatic rings. The van der Waals surface area contributed by atoms with Crippen LogP contribution in [0.5, 0.6) is 0 Å². The van der Waals surface area contributed by atoms with E-state index < -0.39 is 9.84 Å². The summed E-state index contributed by atoms with van der Waals surface area (Å²) in [6.45, 7) is 5.60. The molecule has 0 amide bonds. The van der Waals surface area contributed by atoms with Crippen molar-refractivity contribution in [1.29, 1.82) is 5.26 Å². The maximum absolute atomic E-state index is 11.4. The number of esters is 1. The summed E-state index contributed by atoms with van der Waals surface area (Å²) >= 11 is 10.8. The second kappa shape index (κ2) is 11.5. The Hall–Kier alpha value is -1.94. The molecule has 2 aromatic heterocycles. The van der Waals surface area contributed by atoms with Gasteiger partial charge in [0, 0.05) is 18.7 Å². The van der Waals surface area contributed by atoms with Crippen molar-refractivity contribution >= 4 is 62.3 Å². The maximum atomic E-state index is 11.4. The molecule has 0 aliphatic carbocycles. The monoisotopic (exact) mass is 491 g/mol. The third-order valence-corrected chi connectivity index (χ3v) is 4.99. The van der Waals surface area contributed by atoms with E-state index in [1.165, 1.54) is 12.3 Å². The van der Waals surface area contributed by atoms with Crippen molar-refractivity contribution in [3.63, 3.8) is 0 Å². The van der Waals surface area contributed by atoms with Gasteiger partial charge >= 0.3 is 5.97 Å². The summed E-state index contributed by atoms with van der Waals surface area (Å²) < 4.78 is 27.8. The summed E-state index contributed by atoms with van der Waals surface area (Å²) in [4.78, 5) is 22.8. The van der Waals surface area contributed by atoms with Crippen LogP contribution in [0.4, 0.5) is 10.9 Å². The molecule has 0 saturated carbocycles. The SMILES string of the molecule is CC(C)(C)OC(=O)CCCS.CS(=O)(=O)c1nc(Cl)cc(Nc2ncc(C#N)s2)n1. The molecule has 164 valence electrons. The van der Waals surface area contributed by atoms with Gasteiger partial charge in [-0.3, -0.25) is 4.79 Å². The van der Waals surface area contributed by atoms with Crippen LogP contribution in [0.2, 0.25) is 5.15 Å². The van der Waals surface area contributed by atoms with Crippen molar-refractivity contribution in [2.24, 2.45) is 0 Å². The van der Waals surface area contributed by atoms with E-state index in [2.05, 4.69) is 32.9 Å². The lowest BCUT2D eigenvalue weighted by Gasteiger charge is -2.19. The molecule has 13 heteroatoms. The molecule has 1 N–H and O–H groups in total. The van der Waals surface area contributed by atoms with Crippen molar-refractivity contribution in [3.8, 4) is 6.07 Å². The molecule has 0 unspecified atom stereocenters. The Kier molecular flexibility index (Phi) is 9.96. The zero-order chi connectivity index (χ0) is 22.9. The van der Waals surface area contributed by atoms with Crippen LogP contribution in [-0.2, 0) is 19.4 Å². The quantitative estimate of drug-likeness (QED) is 0.268. The number of carbonyl (C=O) groups excluding carboxylic acids is 1. The van der Waals surface area contributed by atoms with Gasteiger partial charge in [-0.05, 0) is 32.9 Å². The van der Waals surface area contributed by atoms with Crippen LogP contribution >= 0.6 is 35.6 Å². The molecule has 0 aromatic carbocycles. The highest BCUT2D eigenvalue weighted by atomic mass is 35.5. The number of nitrogens with zero attached hydrogens (tertiary/aromatic N) is 4. The minimum absolute atomic E-state index is 0.00464. The molecule has 0 bridgehead atoms. The van der Waals surface area contributed by atoms with Gasteiger partial charge in [-0.15, -0.1) is 0 Å². The van der Waals surface area contributed by atoms with Gasteiger partial charge in [-0.25, -0.2) is 23.4 Å². The topological polar surface area (TPSA) is 135 Å².